The lowest BCUT2D eigenvalue weighted by molar-refractivity contribution is -0.140. The van der Waals surface area contributed by atoms with Crippen molar-refractivity contribution >= 4 is 28.6 Å². The number of aromatic nitrogens is 5. The number of anilines is 2. The molecule has 2 aliphatic rings. The summed E-state index contributed by atoms with van der Waals surface area (Å²) in [7, 11) is 0. The molecule has 0 saturated carbocycles. The Hall–Kier alpha value is -4.59. The van der Waals surface area contributed by atoms with E-state index in [2.05, 4.69) is 30.6 Å². The average molecular weight is 623 g/mol. The first-order chi connectivity index (χ1) is 21.6. The van der Waals surface area contributed by atoms with Crippen LogP contribution in [0.1, 0.15) is 44.3 Å². The monoisotopic (exact) mass is 622 g/mol. The van der Waals surface area contributed by atoms with Crippen LogP contribution in [-0.4, -0.2) is 73.8 Å². The highest BCUT2D eigenvalue weighted by Gasteiger charge is 2.31. The average Bonchev–Trinajstić information content (AvgIpc) is 3.03. The Balaban J connectivity index is 1.24. The Morgan fingerprint density at radius 1 is 1.02 bits per heavy atom. The number of alkyl halides is 3. The summed E-state index contributed by atoms with van der Waals surface area (Å²) in [6.07, 6.45) is 3.02. The van der Waals surface area contributed by atoms with Crippen LogP contribution in [0.2, 0.25) is 0 Å². The molecule has 2 saturated heterocycles. The first-order valence-electron chi connectivity index (χ1n) is 14.9. The van der Waals surface area contributed by atoms with E-state index in [9.17, 15) is 22.8 Å². The van der Waals surface area contributed by atoms with Gasteiger partial charge >= 0.3 is 6.18 Å². The zero-order valence-electron chi connectivity index (χ0n) is 24.7. The number of likely N-dealkylation sites (tertiary alicyclic amines) is 1. The van der Waals surface area contributed by atoms with Gasteiger partial charge in [-0.15, -0.1) is 0 Å². The molecule has 0 atom stereocenters. The molecular weight excluding hydrogens is 589 g/mol. The van der Waals surface area contributed by atoms with Crippen LogP contribution in [0.3, 0.4) is 0 Å². The third-order valence-electron chi connectivity index (χ3n) is 8.15. The molecule has 11 nitrogen and oxygen atoms in total. The molecule has 2 fully saturated rings. The van der Waals surface area contributed by atoms with Gasteiger partial charge in [-0.05, 0) is 69.1 Å². The molecule has 2 N–H and O–H groups in total. The van der Waals surface area contributed by atoms with Crippen molar-refractivity contribution in [2.45, 2.75) is 57.3 Å². The van der Waals surface area contributed by atoms with E-state index in [1.165, 1.54) is 31.6 Å². The van der Waals surface area contributed by atoms with Crippen LogP contribution in [-0.2, 0) is 11.3 Å². The van der Waals surface area contributed by atoms with E-state index in [0.717, 1.165) is 25.9 Å². The number of hydrogen-bond acceptors (Lipinski definition) is 9. The van der Waals surface area contributed by atoms with E-state index in [1.54, 1.807) is 29.2 Å². The van der Waals surface area contributed by atoms with Gasteiger partial charge in [-0.3, -0.25) is 14.2 Å². The minimum atomic E-state index is -4.67. The number of amides is 1. The third-order valence-corrected chi connectivity index (χ3v) is 8.15. The second-order valence-electron chi connectivity index (χ2n) is 11.4. The molecule has 6 rings (SSSR count). The van der Waals surface area contributed by atoms with Gasteiger partial charge < -0.3 is 20.3 Å². The maximum atomic E-state index is 13.7. The van der Waals surface area contributed by atoms with Gasteiger partial charge in [0.15, 0.2) is 0 Å². The number of piperidine rings is 2. The van der Waals surface area contributed by atoms with Crippen LogP contribution in [0.25, 0.3) is 22.2 Å². The summed E-state index contributed by atoms with van der Waals surface area (Å²) < 4.78 is 47.7. The highest BCUT2D eigenvalue weighted by Crippen LogP contribution is 2.28. The Kier molecular flexibility index (Phi) is 8.65. The lowest BCUT2D eigenvalue weighted by Crippen LogP contribution is -2.36. The number of benzene rings is 1. The molecule has 1 amide bonds. The fourth-order valence-electron chi connectivity index (χ4n) is 5.74. The summed E-state index contributed by atoms with van der Waals surface area (Å²) >= 11 is 0. The zero-order valence-corrected chi connectivity index (χ0v) is 24.7. The second-order valence-corrected chi connectivity index (χ2v) is 11.4. The molecular formula is C31H33F3N8O3. The van der Waals surface area contributed by atoms with E-state index in [1.807, 2.05) is 0 Å². The summed E-state index contributed by atoms with van der Waals surface area (Å²) in [4.78, 5) is 44.4. The van der Waals surface area contributed by atoms with Crippen molar-refractivity contribution in [3.05, 3.63) is 65.1 Å². The van der Waals surface area contributed by atoms with E-state index in [0.29, 0.717) is 47.8 Å². The van der Waals surface area contributed by atoms with E-state index >= 15 is 0 Å². The van der Waals surface area contributed by atoms with E-state index in [4.69, 9.17) is 4.74 Å². The number of halogens is 3. The number of pyridine rings is 1. The first kappa shape index (κ1) is 30.4. The summed E-state index contributed by atoms with van der Waals surface area (Å²) in [5.74, 6) is 1.40. The highest BCUT2D eigenvalue weighted by molar-refractivity contribution is 5.81. The molecule has 2 aliphatic heterocycles. The zero-order chi connectivity index (χ0) is 31.6. The molecule has 0 bridgehead atoms. The molecule has 4 aromatic rings. The molecule has 0 unspecified atom stereocenters. The van der Waals surface area contributed by atoms with Crippen LogP contribution in [0.4, 0.5) is 24.8 Å². The number of fused-ring (bicyclic) bond motifs is 1. The van der Waals surface area contributed by atoms with Gasteiger partial charge in [-0.25, -0.2) is 15.0 Å². The number of hydrogen-bond donors (Lipinski definition) is 2. The quantitative estimate of drug-likeness (QED) is 0.308. The smallest absolute Gasteiger partial charge is 0.406 e. The molecule has 1 aromatic carbocycles. The number of rotatable bonds is 7. The lowest BCUT2D eigenvalue weighted by atomic mass is 9.96. The number of ether oxygens (including phenoxy) is 1. The van der Waals surface area contributed by atoms with Gasteiger partial charge in [0.25, 0.3) is 5.56 Å². The first-order valence-corrected chi connectivity index (χ1v) is 14.9. The summed E-state index contributed by atoms with van der Waals surface area (Å²) in [6.45, 7) is 3.04. The van der Waals surface area contributed by atoms with E-state index in [-0.39, 0.29) is 46.0 Å². The predicted octanol–water partition coefficient (Wildman–Crippen LogP) is 4.41. The molecule has 5 heterocycles. The molecule has 0 aliphatic carbocycles. The van der Waals surface area contributed by atoms with Crippen molar-refractivity contribution in [1.82, 2.24) is 34.7 Å². The fourth-order valence-corrected chi connectivity index (χ4v) is 5.74. The van der Waals surface area contributed by atoms with Crippen molar-refractivity contribution in [2.24, 2.45) is 0 Å². The van der Waals surface area contributed by atoms with Crippen molar-refractivity contribution in [3.63, 3.8) is 0 Å². The van der Waals surface area contributed by atoms with Crippen LogP contribution in [0, 0.1) is 0 Å². The summed E-state index contributed by atoms with van der Waals surface area (Å²) in [5.41, 5.74) is -0.109. The minimum Gasteiger partial charge on any atom is -0.490 e. The van der Waals surface area contributed by atoms with Gasteiger partial charge in [0.05, 0.1) is 5.56 Å². The molecule has 14 heteroatoms. The van der Waals surface area contributed by atoms with Gasteiger partial charge in [0.2, 0.25) is 11.9 Å². The number of carbonyl (C=O) groups excluding carboxylic acids is 1. The van der Waals surface area contributed by atoms with Crippen molar-refractivity contribution < 1.29 is 22.7 Å². The SMILES string of the molecule is CC(=O)N1CCC(c2ncc(-c3cc4cnc(Nc5ccc(OC6CCNCC6)cc5)nc4n(CC(F)(F)F)c3=O)cn2)CC1. The Bertz CT molecular complexity index is 1710. The van der Waals surface area contributed by atoms with Crippen molar-refractivity contribution in [3.8, 4) is 16.9 Å². The molecule has 45 heavy (non-hydrogen) atoms. The van der Waals surface area contributed by atoms with Gasteiger partial charge in [0.1, 0.15) is 29.9 Å². The summed E-state index contributed by atoms with van der Waals surface area (Å²) in [6, 6.07) is 8.61. The van der Waals surface area contributed by atoms with Crippen LogP contribution >= 0.6 is 0 Å². The molecule has 0 radical (unpaired) electrons. The number of nitrogens with one attached hydrogen (secondary N) is 2. The minimum absolute atomic E-state index is 0.0124. The van der Waals surface area contributed by atoms with E-state index < -0.39 is 18.3 Å². The van der Waals surface area contributed by atoms with Crippen LogP contribution in [0.5, 0.6) is 5.75 Å². The van der Waals surface area contributed by atoms with Gasteiger partial charge in [0, 0.05) is 61.2 Å². The fraction of sp³-hybridized carbons (Fsp3) is 0.419. The Morgan fingerprint density at radius 2 is 1.71 bits per heavy atom. The van der Waals surface area contributed by atoms with Gasteiger partial charge in [-0.1, -0.05) is 0 Å². The highest BCUT2D eigenvalue weighted by atomic mass is 19.4. The topological polar surface area (TPSA) is 127 Å². The Morgan fingerprint density at radius 3 is 2.36 bits per heavy atom. The molecule has 236 valence electrons. The second kappa shape index (κ2) is 12.8. The lowest BCUT2D eigenvalue weighted by Gasteiger charge is -2.30. The normalized spacial score (nSPS) is 16.6. The largest absolute Gasteiger partial charge is 0.490 e. The standard InChI is InChI=1S/C31H33F3N8O3/c1-19(43)41-12-8-20(9-13-41)27-36-16-22(17-37-27)26-14-21-15-38-30(40-28(21)42(29(26)44)18-31(32,33)34)39-23-2-4-24(5-3-23)45-25-6-10-35-11-7-25/h2-5,14-17,20,25,35H,6-13,18H2,1H3,(H,38,39,40). The van der Waals surface area contributed by atoms with Crippen LogP contribution < -0.4 is 20.9 Å². The molecule has 3 aromatic heterocycles. The number of carbonyl (C=O) groups is 1. The predicted molar refractivity (Wildman–Crippen MR) is 161 cm³/mol. The third kappa shape index (κ3) is 7.22. The van der Waals surface area contributed by atoms with Crippen molar-refractivity contribution in [2.75, 3.05) is 31.5 Å². The number of nitrogens with zero attached hydrogens (tertiary/aromatic N) is 6. The molecule has 0 spiro atoms. The van der Waals surface area contributed by atoms with Crippen molar-refractivity contribution in [1.29, 1.82) is 0 Å². The maximum Gasteiger partial charge on any atom is 0.406 e. The van der Waals surface area contributed by atoms with Gasteiger partial charge in [-0.2, -0.15) is 18.2 Å². The maximum absolute atomic E-state index is 13.7. The Labute approximate surface area is 256 Å². The van der Waals surface area contributed by atoms with Crippen LogP contribution in [0.15, 0.2) is 53.7 Å². The summed E-state index contributed by atoms with van der Waals surface area (Å²) in [5, 5.41) is 6.55.